The van der Waals surface area contributed by atoms with Crippen molar-refractivity contribution in [2.24, 2.45) is 5.73 Å². The number of nitrogens with two attached hydrogens (primary N) is 1. The average molecular weight is 232 g/mol. The number of hydrogen-bond acceptors (Lipinski definition) is 4. The molecule has 1 aromatic carbocycles. The van der Waals surface area contributed by atoms with Crippen LogP contribution in [-0.2, 0) is 14.8 Å². The van der Waals surface area contributed by atoms with E-state index in [2.05, 4.69) is 0 Å². The predicted octanol–water partition coefficient (Wildman–Crippen LogP) is -0.411. The first kappa shape index (κ1) is 11.6. The van der Waals surface area contributed by atoms with Crippen LogP contribution in [0.25, 0.3) is 0 Å². The highest BCUT2D eigenvalue weighted by Gasteiger charge is 2.20. The SMILES string of the molecule is NCC(=O)NS(=O)(=O)c1ccccc1F. The minimum absolute atomic E-state index is 0.478. The van der Waals surface area contributed by atoms with Crippen LogP contribution in [0.15, 0.2) is 29.2 Å². The molecule has 0 saturated carbocycles. The summed E-state index contributed by atoms with van der Waals surface area (Å²) in [6.07, 6.45) is 0. The molecule has 0 aromatic heterocycles. The van der Waals surface area contributed by atoms with Crippen LogP contribution in [0.4, 0.5) is 4.39 Å². The van der Waals surface area contributed by atoms with Crippen molar-refractivity contribution in [2.45, 2.75) is 4.90 Å². The number of carbonyl (C=O) groups is 1. The van der Waals surface area contributed by atoms with Gasteiger partial charge in [0.25, 0.3) is 10.0 Å². The van der Waals surface area contributed by atoms with Gasteiger partial charge in [0, 0.05) is 0 Å². The lowest BCUT2D eigenvalue weighted by molar-refractivity contribution is -0.118. The maximum atomic E-state index is 13.1. The van der Waals surface area contributed by atoms with E-state index >= 15 is 0 Å². The van der Waals surface area contributed by atoms with Crippen LogP contribution in [0.1, 0.15) is 0 Å². The van der Waals surface area contributed by atoms with E-state index in [-0.39, 0.29) is 0 Å². The van der Waals surface area contributed by atoms with Crippen molar-refractivity contribution in [3.05, 3.63) is 30.1 Å². The van der Waals surface area contributed by atoms with Crippen LogP contribution in [0.5, 0.6) is 0 Å². The standard InChI is InChI=1S/C8H9FN2O3S/c9-6-3-1-2-4-7(6)15(13,14)11-8(12)5-10/h1-4H,5,10H2,(H,11,12). The van der Waals surface area contributed by atoms with Crippen molar-refractivity contribution in [1.82, 2.24) is 4.72 Å². The number of nitrogens with one attached hydrogen (secondary N) is 1. The van der Waals surface area contributed by atoms with Gasteiger partial charge in [-0.05, 0) is 12.1 Å². The third-order valence-electron chi connectivity index (χ3n) is 1.56. The highest BCUT2D eigenvalue weighted by molar-refractivity contribution is 7.90. The Balaban J connectivity index is 3.07. The van der Waals surface area contributed by atoms with Crippen molar-refractivity contribution in [3.8, 4) is 0 Å². The van der Waals surface area contributed by atoms with Gasteiger partial charge < -0.3 is 5.73 Å². The number of hydrogen-bond donors (Lipinski definition) is 2. The predicted molar refractivity (Wildman–Crippen MR) is 50.8 cm³/mol. The van der Waals surface area contributed by atoms with E-state index < -0.39 is 33.2 Å². The van der Waals surface area contributed by atoms with E-state index in [0.29, 0.717) is 0 Å². The Labute approximate surface area is 86.1 Å². The molecule has 0 unspecified atom stereocenters. The molecule has 15 heavy (non-hydrogen) atoms. The van der Waals surface area contributed by atoms with Crippen molar-refractivity contribution in [1.29, 1.82) is 0 Å². The topological polar surface area (TPSA) is 89.3 Å². The molecule has 5 nitrogen and oxygen atoms in total. The number of carbonyl (C=O) groups excluding carboxylic acids is 1. The minimum atomic E-state index is -4.16. The molecule has 0 bridgehead atoms. The summed E-state index contributed by atoms with van der Waals surface area (Å²) >= 11 is 0. The largest absolute Gasteiger partial charge is 0.322 e. The molecule has 0 aliphatic carbocycles. The van der Waals surface area contributed by atoms with E-state index in [1.54, 1.807) is 4.72 Å². The zero-order valence-corrected chi connectivity index (χ0v) is 8.42. The van der Waals surface area contributed by atoms with Crippen LogP contribution in [-0.4, -0.2) is 20.9 Å². The van der Waals surface area contributed by atoms with E-state index in [0.717, 1.165) is 12.1 Å². The molecular weight excluding hydrogens is 223 g/mol. The van der Waals surface area contributed by atoms with Crippen molar-refractivity contribution >= 4 is 15.9 Å². The molecule has 0 atom stereocenters. The normalized spacial score (nSPS) is 11.1. The molecule has 0 aliphatic heterocycles. The minimum Gasteiger partial charge on any atom is -0.322 e. The highest BCUT2D eigenvalue weighted by atomic mass is 32.2. The first-order valence-electron chi connectivity index (χ1n) is 3.97. The molecule has 0 fully saturated rings. The number of benzene rings is 1. The van der Waals surface area contributed by atoms with Crippen LogP contribution in [0.2, 0.25) is 0 Å². The van der Waals surface area contributed by atoms with E-state index in [4.69, 9.17) is 5.73 Å². The second kappa shape index (κ2) is 4.37. The summed E-state index contributed by atoms with van der Waals surface area (Å²) in [7, 11) is -4.16. The molecule has 1 aromatic rings. The Morgan fingerprint density at radius 1 is 1.40 bits per heavy atom. The molecular formula is C8H9FN2O3S. The zero-order valence-electron chi connectivity index (χ0n) is 7.60. The van der Waals surface area contributed by atoms with Crippen molar-refractivity contribution in [3.63, 3.8) is 0 Å². The van der Waals surface area contributed by atoms with Gasteiger partial charge >= 0.3 is 0 Å². The Bertz CT molecular complexity index is 473. The molecule has 1 rings (SSSR count). The van der Waals surface area contributed by atoms with Gasteiger partial charge in [-0.25, -0.2) is 17.5 Å². The van der Waals surface area contributed by atoms with Gasteiger partial charge in [0.2, 0.25) is 5.91 Å². The number of sulfonamides is 1. The Hall–Kier alpha value is -1.47. The zero-order chi connectivity index (χ0) is 11.5. The van der Waals surface area contributed by atoms with Gasteiger partial charge in [-0.15, -0.1) is 0 Å². The van der Waals surface area contributed by atoms with E-state index in [9.17, 15) is 17.6 Å². The van der Waals surface area contributed by atoms with Crippen molar-refractivity contribution in [2.75, 3.05) is 6.54 Å². The third kappa shape index (κ3) is 2.74. The van der Waals surface area contributed by atoms with Crippen LogP contribution in [0.3, 0.4) is 0 Å². The smallest absolute Gasteiger partial charge is 0.267 e. The average Bonchev–Trinajstić information content (AvgIpc) is 2.17. The summed E-state index contributed by atoms with van der Waals surface area (Å²) in [5.41, 5.74) is 4.93. The summed E-state index contributed by atoms with van der Waals surface area (Å²) in [4.78, 5) is 10.2. The lowest BCUT2D eigenvalue weighted by Gasteiger charge is -2.05. The molecule has 0 aliphatic rings. The Kier molecular flexibility index (Phi) is 3.38. The summed E-state index contributed by atoms with van der Waals surface area (Å²) < 4.78 is 37.5. The van der Waals surface area contributed by atoms with Gasteiger partial charge in [0.1, 0.15) is 10.7 Å². The molecule has 0 heterocycles. The van der Waals surface area contributed by atoms with Crippen molar-refractivity contribution < 1.29 is 17.6 Å². The van der Waals surface area contributed by atoms with E-state index in [1.807, 2.05) is 0 Å². The lowest BCUT2D eigenvalue weighted by Crippen LogP contribution is -2.35. The van der Waals surface area contributed by atoms with Gasteiger partial charge in [-0.2, -0.15) is 0 Å². The summed E-state index contributed by atoms with van der Waals surface area (Å²) in [6.45, 7) is -0.478. The van der Waals surface area contributed by atoms with Crippen LogP contribution >= 0.6 is 0 Å². The van der Waals surface area contributed by atoms with Crippen LogP contribution < -0.4 is 10.5 Å². The second-order valence-corrected chi connectivity index (χ2v) is 4.31. The number of halogens is 1. The molecule has 3 N–H and O–H groups in total. The van der Waals surface area contributed by atoms with E-state index in [1.165, 1.54) is 12.1 Å². The second-order valence-electron chi connectivity index (χ2n) is 2.66. The third-order valence-corrected chi connectivity index (χ3v) is 2.97. The van der Waals surface area contributed by atoms with Gasteiger partial charge in [-0.1, -0.05) is 12.1 Å². The summed E-state index contributed by atoms with van der Waals surface area (Å²) in [6, 6.07) is 4.74. The maximum absolute atomic E-state index is 13.1. The number of amides is 1. The fourth-order valence-corrected chi connectivity index (χ4v) is 1.98. The molecule has 7 heteroatoms. The maximum Gasteiger partial charge on any atom is 0.267 e. The monoisotopic (exact) mass is 232 g/mol. The highest BCUT2D eigenvalue weighted by Crippen LogP contribution is 2.12. The fraction of sp³-hybridized carbons (Fsp3) is 0.125. The van der Waals surface area contributed by atoms with Gasteiger partial charge in [-0.3, -0.25) is 4.79 Å². The fourth-order valence-electron chi connectivity index (χ4n) is 0.909. The van der Waals surface area contributed by atoms with Crippen LogP contribution in [0, 0.1) is 5.82 Å². The Morgan fingerprint density at radius 2 is 2.00 bits per heavy atom. The first-order valence-corrected chi connectivity index (χ1v) is 5.46. The molecule has 0 radical (unpaired) electrons. The quantitative estimate of drug-likeness (QED) is 0.741. The summed E-state index contributed by atoms with van der Waals surface area (Å²) in [5.74, 6) is -1.81. The molecule has 0 saturated heterocycles. The van der Waals surface area contributed by atoms with Gasteiger partial charge in [0.15, 0.2) is 0 Å². The molecule has 0 spiro atoms. The molecule has 82 valence electrons. The molecule has 1 amide bonds. The lowest BCUT2D eigenvalue weighted by atomic mass is 10.4. The Morgan fingerprint density at radius 3 is 2.53 bits per heavy atom. The summed E-state index contributed by atoms with van der Waals surface area (Å²) in [5, 5.41) is 0. The van der Waals surface area contributed by atoms with Gasteiger partial charge in [0.05, 0.1) is 6.54 Å². The number of rotatable bonds is 3. The first-order chi connectivity index (χ1) is 6.97.